The summed E-state index contributed by atoms with van der Waals surface area (Å²) in [7, 11) is 0. The number of benzene rings is 6. The lowest BCUT2D eigenvalue weighted by Gasteiger charge is -2.45. The Bertz CT molecular complexity index is 3780. The number of hydrogen-bond donors (Lipinski definition) is 0. The summed E-state index contributed by atoms with van der Waals surface area (Å²) >= 11 is 2.61. The van der Waals surface area contributed by atoms with E-state index < -0.39 is 0 Å². The van der Waals surface area contributed by atoms with Gasteiger partial charge in [-0.1, -0.05) is 286 Å². The lowest BCUT2D eigenvalue weighted by Crippen LogP contribution is -2.37. The molecule has 6 aromatic carbocycles. The van der Waals surface area contributed by atoms with Gasteiger partial charge in [0, 0.05) is 25.2 Å². The zero-order valence-electron chi connectivity index (χ0n) is 61.2. The van der Waals surface area contributed by atoms with Gasteiger partial charge in [-0.2, -0.15) is 0 Å². The van der Waals surface area contributed by atoms with Crippen LogP contribution < -0.4 is 10.4 Å². The van der Waals surface area contributed by atoms with E-state index in [0.717, 1.165) is 12.8 Å². The molecular formula is C92H121I. The highest BCUT2D eigenvalue weighted by atomic mass is 127. The molecular weight excluding hydrogens is 1230 g/mol. The molecule has 5 aliphatic rings. The third kappa shape index (κ3) is 12.8. The van der Waals surface area contributed by atoms with Crippen LogP contribution in [0.5, 0.6) is 0 Å². The van der Waals surface area contributed by atoms with Gasteiger partial charge < -0.3 is 0 Å². The Labute approximate surface area is 581 Å². The van der Waals surface area contributed by atoms with E-state index in [0.29, 0.717) is 47.3 Å². The minimum atomic E-state index is -0.121. The van der Waals surface area contributed by atoms with Crippen molar-refractivity contribution in [1.82, 2.24) is 0 Å². The molecule has 8 unspecified atom stereocenters. The summed E-state index contributed by atoms with van der Waals surface area (Å²) in [5, 5.41) is 2.92. The van der Waals surface area contributed by atoms with Crippen molar-refractivity contribution in [3.8, 4) is 44.5 Å². The minimum Gasteiger partial charge on any atom is -0.0656 e. The fraction of sp³-hybridized carbons (Fsp3) is 0.543. The van der Waals surface area contributed by atoms with Crippen molar-refractivity contribution in [3.63, 3.8) is 0 Å². The first-order valence-electron chi connectivity index (χ1n) is 38.6. The van der Waals surface area contributed by atoms with E-state index in [-0.39, 0.29) is 21.7 Å². The van der Waals surface area contributed by atoms with Gasteiger partial charge in [0.15, 0.2) is 0 Å². The largest absolute Gasteiger partial charge is 0.0656 e. The van der Waals surface area contributed by atoms with Crippen LogP contribution in [-0.4, -0.2) is 0 Å². The second-order valence-corrected chi connectivity index (χ2v) is 33.4. The van der Waals surface area contributed by atoms with Gasteiger partial charge in [-0.15, -0.1) is 0 Å². The van der Waals surface area contributed by atoms with Crippen LogP contribution in [0.3, 0.4) is 0 Å². The van der Waals surface area contributed by atoms with Crippen LogP contribution in [-0.2, 0) is 16.2 Å². The highest BCUT2D eigenvalue weighted by Gasteiger charge is 2.54. The molecule has 0 radical (unpaired) electrons. The van der Waals surface area contributed by atoms with Crippen molar-refractivity contribution in [2.75, 3.05) is 0 Å². The molecule has 0 bridgehead atoms. The van der Waals surface area contributed by atoms with Crippen molar-refractivity contribution < 1.29 is 0 Å². The van der Waals surface area contributed by atoms with Crippen molar-refractivity contribution in [2.24, 2.45) is 52.8 Å². The van der Waals surface area contributed by atoms with E-state index in [1.54, 1.807) is 50.1 Å². The molecule has 6 aromatic rings. The third-order valence-electron chi connectivity index (χ3n) is 25.7. The van der Waals surface area contributed by atoms with Gasteiger partial charge in [-0.25, -0.2) is 0 Å². The maximum Gasteiger partial charge on any atom is 0.0226 e. The zero-order valence-corrected chi connectivity index (χ0v) is 63.3. The van der Waals surface area contributed by atoms with Gasteiger partial charge in [0.05, 0.1) is 0 Å². The molecule has 0 amide bonds. The highest BCUT2D eigenvalue weighted by Crippen LogP contribution is 2.66. The summed E-state index contributed by atoms with van der Waals surface area (Å²) in [6.07, 6.45) is 32.6. The van der Waals surface area contributed by atoms with Gasteiger partial charge in [-0.05, 0) is 274 Å². The molecule has 0 spiro atoms. The van der Waals surface area contributed by atoms with E-state index in [1.165, 1.54) is 192 Å². The van der Waals surface area contributed by atoms with E-state index in [9.17, 15) is 0 Å². The molecule has 0 fully saturated rings. The summed E-state index contributed by atoms with van der Waals surface area (Å²) in [5.74, 6) is 4.93. The first-order valence-corrected chi connectivity index (χ1v) is 39.7. The molecule has 5 aliphatic carbocycles. The maximum absolute atomic E-state index is 2.92. The molecule has 0 aromatic heterocycles. The predicted octanol–water partition coefficient (Wildman–Crippen LogP) is 26.6. The average Bonchev–Trinajstić information content (AvgIpc) is 1.54. The summed E-state index contributed by atoms with van der Waals surface area (Å²) in [6.45, 7) is 39.7. The third-order valence-corrected chi connectivity index (χ3v) is 26.3. The minimum absolute atomic E-state index is 0.00933. The Morgan fingerprint density at radius 1 is 0.355 bits per heavy atom. The normalized spacial score (nSPS) is 23.1. The van der Waals surface area contributed by atoms with Crippen molar-refractivity contribution in [1.29, 1.82) is 0 Å². The van der Waals surface area contributed by atoms with Gasteiger partial charge in [-0.3, -0.25) is 0 Å². The van der Waals surface area contributed by atoms with Crippen LogP contribution in [0.1, 0.15) is 285 Å². The molecule has 8 atom stereocenters. The zero-order chi connectivity index (χ0) is 66.1. The quantitative estimate of drug-likeness (QED) is 0.0369. The summed E-state index contributed by atoms with van der Waals surface area (Å²) in [5.41, 5.74) is 27.2. The average molecular weight is 1350 g/mol. The molecule has 0 N–H and O–H groups in total. The monoisotopic (exact) mass is 1350 g/mol. The van der Waals surface area contributed by atoms with Crippen molar-refractivity contribution in [3.05, 3.63) is 180 Å². The van der Waals surface area contributed by atoms with Crippen LogP contribution in [0.15, 0.2) is 132 Å². The molecule has 93 heavy (non-hydrogen) atoms. The van der Waals surface area contributed by atoms with E-state index in [4.69, 9.17) is 0 Å². The second-order valence-electron chi connectivity index (χ2n) is 32.1. The first kappa shape index (κ1) is 69.6. The smallest absolute Gasteiger partial charge is 0.0226 e. The van der Waals surface area contributed by atoms with Crippen molar-refractivity contribution >= 4 is 39.8 Å². The van der Waals surface area contributed by atoms with Crippen molar-refractivity contribution in [2.45, 2.75) is 268 Å². The molecule has 0 aliphatic heterocycles. The number of rotatable bonds is 32. The number of allylic oxidation sites excluding steroid dienone is 4. The number of halogens is 1. The predicted molar refractivity (Wildman–Crippen MR) is 415 cm³/mol. The molecule has 496 valence electrons. The summed E-state index contributed by atoms with van der Waals surface area (Å²) < 4.78 is 1.37. The second kappa shape index (κ2) is 29.2. The number of hydrogen-bond acceptors (Lipinski definition) is 0. The fourth-order valence-electron chi connectivity index (χ4n) is 19.6. The summed E-state index contributed by atoms with van der Waals surface area (Å²) in [6, 6.07) is 48.6. The lowest BCUT2D eigenvalue weighted by atomic mass is 9.58. The van der Waals surface area contributed by atoms with Crippen LogP contribution in [0.4, 0.5) is 0 Å². The van der Waals surface area contributed by atoms with Gasteiger partial charge >= 0.3 is 0 Å². The Hall–Kier alpha value is -4.73. The summed E-state index contributed by atoms with van der Waals surface area (Å²) in [4.78, 5) is 0. The Morgan fingerprint density at radius 2 is 0.720 bits per heavy atom. The molecule has 0 saturated carbocycles. The first-order chi connectivity index (χ1) is 44.9. The SMILES string of the molecule is CCCCC(CC)CC1(CC(CC)CCCC)c2cc(I)ccc2-c2ccc(-c3ccc4c(c3)C(CC(C)CC)(CC(C)CC)c3cc(-c5ccc6c(c5)C(CC(C)CC)(CC(C)CC)C5=C7C=c8ccccc8=C7C(CC(C)CC)(CC(C)CC)C=C56)ccc3-4)cc21. The van der Waals surface area contributed by atoms with Crippen LogP contribution in [0.2, 0.25) is 0 Å². The van der Waals surface area contributed by atoms with E-state index >= 15 is 0 Å². The molecule has 1 heteroatoms. The van der Waals surface area contributed by atoms with Crippen LogP contribution in [0.25, 0.3) is 61.7 Å². The van der Waals surface area contributed by atoms with Gasteiger partial charge in [0.1, 0.15) is 0 Å². The fourth-order valence-corrected chi connectivity index (χ4v) is 20.1. The standard InChI is InChI=1S/C92H121I/c1-17-27-31-66(25-9)57-91(58-67(26-10)32-28-18-2)84-48-70(37-42-77(84)78-44-39-73(93)50-86(78)91)68-35-40-75-76-41-36-69(47-83(76)90(82(75)46-68,53-62(13)21-5)54-63(14)22-6)71-38-43-79-81-59-89(51-60(11)19-3,52-61(12)20-4)87-74-34-30-29-33-72(74)45-80(87)88(81)92(85(79)49-71,55-64(15)23-7)56-65(16)24-8/h29-30,33-50,59-67H,17-28,31-32,51-58H2,1-16H3. The molecule has 0 heterocycles. The maximum atomic E-state index is 2.92. The van der Waals surface area contributed by atoms with Crippen LogP contribution >= 0.6 is 22.6 Å². The highest BCUT2D eigenvalue weighted by molar-refractivity contribution is 14.1. The van der Waals surface area contributed by atoms with Gasteiger partial charge in [0.25, 0.3) is 0 Å². The number of fused-ring (bicyclic) bond motifs is 11. The van der Waals surface area contributed by atoms with Gasteiger partial charge in [0.2, 0.25) is 0 Å². The molecule has 0 nitrogen and oxygen atoms in total. The van der Waals surface area contributed by atoms with E-state index in [2.05, 4.69) is 261 Å². The lowest BCUT2D eigenvalue weighted by molar-refractivity contribution is 0.266. The number of unbranched alkanes of at least 4 members (excludes halogenated alkanes) is 2. The topological polar surface area (TPSA) is 0 Å². The Morgan fingerprint density at radius 3 is 1.14 bits per heavy atom. The van der Waals surface area contributed by atoms with E-state index in [1.807, 2.05) is 0 Å². The Kier molecular flexibility index (Phi) is 21.8. The van der Waals surface area contributed by atoms with Crippen LogP contribution in [0, 0.1) is 56.3 Å². The molecule has 11 rings (SSSR count). The Balaban J connectivity index is 1.10. The molecule has 0 saturated heterocycles.